The molecule has 1 fully saturated rings. The van der Waals surface area contributed by atoms with Crippen LogP contribution in [0.4, 0.5) is 0 Å². The predicted molar refractivity (Wildman–Crippen MR) is 79.2 cm³/mol. The molecule has 1 aliphatic carbocycles. The van der Waals surface area contributed by atoms with Crippen LogP contribution in [0.5, 0.6) is 0 Å². The van der Waals surface area contributed by atoms with Gasteiger partial charge in [0, 0.05) is 6.04 Å². The summed E-state index contributed by atoms with van der Waals surface area (Å²) in [6.45, 7) is 7.93. The second kappa shape index (κ2) is 6.38. The Hall–Kier alpha value is -0.820. The summed E-state index contributed by atoms with van der Waals surface area (Å²) >= 11 is 0. The van der Waals surface area contributed by atoms with E-state index in [1.165, 1.54) is 43.2 Å². The van der Waals surface area contributed by atoms with Crippen molar-refractivity contribution < 1.29 is 0 Å². The van der Waals surface area contributed by atoms with Crippen LogP contribution in [-0.4, -0.2) is 12.6 Å². The largest absolute Gasteiger partial charge is 0.313 e. The Morgan fingerprint density at radius 2 is 1.94 bits per heavy atom. The normalized spacial score (nSPS) is 24.2. The highest BCUT2D eigenvalue weighted by molar-refractivity contribution is 5.36. The molecule has 0 saturated heterocycles. The van der Waals surface area contributed by atoms with E-state index in [9.17, 15) is 0 Å². The minimum Gasteiger partial charge on any atom is -0.313 e. The van der Waals surface area contributed by atoms with E-state index >= 15 is 0 Å². The van der Waals surface area contributed by atoms with Crippen molar-refractivity contribution in [2.45, 2.75) is 64.8 Å². The van der Waals surface area contributed by atoms with E-state index in [1.54, 1.807) is 5.56 Å². The molecule has 0 aromatic heterocycles. The molecule has 0 bridgehead atoms. The van der Waals surface area contributed by atoms with Crippen molar-refractivity contribution >= 4 is 0 Å². The van der Waals surface area contributed by atoms with E-state index in [0.717, 1.165) is 12.5 Å². The van der Waals surface area contributed by atoms with E-state index in [-0.39, 0.29) is 0 Å². The van der Waals surface area contributed by atoms with E-state index in [4.69, 9.17) is 0 Å². The van der Waals surface area contributed by atoms with Gasteiger partial charge in [0.15, 0.2) is 0 Å². The van der Waals surface area contributed by atoms with E-state index < -0.39 is 0 Å². The van der Waals surface area contributed by atoms with Crippen LogP contribution < -0.4 is 5.32 Å². The highest BCUT2D eigenvalue weighted by Crippen LogP contribution is 2.35. The Kier molecular flexibility index (Phi) is 4.82. The molecular weight excluding hydrogens is 218 g/mol. The molecule has 1 aromatic rings. The maximum Gasteiger partial charge on any atom is 0.0136 e. The summed E-state index contributed by atoms with van der Waals surface area (Å²) in [6, 6.07) is 7.50. The van der Waals surface area contributed by atoms with E-state index in [2.05, 4.69) is 44.3 Å². The second-order valence-corrected chi connectivity index (χ2v) is 5.74. The number of hydrogen-bond donors (Lipinski definition) is 1. The van der Waals surface area contributed by atoms with Crippen LogP contribution in [0.2, 0.25) is 0 Å². The van der Waals surface area contributed by atoms with Crippen LogP contribution in [0.15, 0.2) is 18.2 Å². The van der Waals surface area contributed by atoms with Gasteiger partial charge in [0.2, 0.25) is 0 Å². The molecule has 1 nitrogen and oxygen atoms in total. The first-order valence-electron chi connectivity index (χ1n) is 7.53. The van der Waals surface area contributed by atoms with Gasteiger partial charge in [0.25, 0.3) is 0 Å². The Labute approximate surface area is 112 Å². The number of aryl methyl sites for hydroxylation is 1. The molecule has 0 radical (unpaired) electrons. The maximum atomic E-state index is 3.77. The van der Waals surface area contributed by atoms with Crippen LogP contribution in [0.25, 0.3) is 0 Å². The molecule has 2 unspecified atom stereocenters. The third kappa shape index (κ3) is 2.95. The fourth-order valence-corrected chi connectivity index (χ4v) is 3.25. The highest BCUT2D eigenvalue weighted by Gasteiger charge is 2.26. The summed E-state index contributed by atoms with van der Waals surface area (Å²) in [5.74, 6) is 0.727. The summed E-state index contributed by atoms with van der Waals surface area (Å²) < 4.78 is 0. The molecule has 2 rings (SSSR count). The van der Waals surface area contributed by atoms with Crippen LogP contribution >= 0.6 is 0 Å². The zero-order valence-electron chi connectivity index (χ0n) is 12.1. The average Bonchev–Trinajstić information content (AvgIpc) is 2.40. The van der Waals surface area contributed by atoms with Crippen molar-refractivity contribution in [2.24, 2.45) is 0 Å². The monoisotopic (exact) mass is 245 g/mol. The Bertz CT molecular complexity index is 383. The summed E-state index contributed by atoms with van der Waals surface area (Å²) in [5, 5.41) is 3.77. The SMILES string of the molecule is CCCNC1CCCCC1c1cccc(C)c1C. The van der Waals surface area contributed by atoms with Crippen LogP contribution in [-0.2, 0) is 0 Å². The quantitative estimate of drug-likeness (QED) is 0.832. The molecule has 18 heavy (non-hydrogen) atoms. The molecular formula is C17H27N. The third-order valence-corrected chi connectivity index (χ3v) is 4.47. The molecule has 1 saturated carbocycles. The second-order valence-electron chi connectivity index (χ2n) is 5.74. The van der Waals surface area contributed by atoms with E-state index in [1.807, 2.05) is 0 Å². The minimum atomic E-state index is 0.694. The van der Waals surface area contributed by atoms with Gasteiger partial charge in [-0.05, 0) is 62.3 Å². The average molecular weight is 245 g/mol. The van der Waals surface area contributed by atoms with Gasteiger partial charge in [-0.2, -0.15) is 0 Å². The standard InChI is InChI=1S/C17H27N/c1-4-12-18-17-11-6-5-9-16(17)15-10-7-8-13(2)14(15)3/h7-8,10,16-18H,4-6,9,11-12H2,1-3H3. The number of rotatable bonds is 4. The third-order valence-electron chi connectivity index (χ3n) is 4.47. The van der Waals surface area contributed by atoms with Gasteiger partial charge in [0.1, 0.15) is 0 Å². The lowest BCUT2D eigenvalue weighted by Crippen LogP contribution is -2.37. The maximum absolute atomic E-state index is 3.77. The summed E-state index contributed by atoms with van der Waals surface area (Å²) in [4.78, 5) is 0. The minimum absolute atomic E-state index is 0.694. The Morgan fingerprint density at radius 3 is 2.72 bits per heavy atom. The molecule has 1 heteroatoms. The van der Waals surface area contributed by atoms with Crippen molar-refractivity contribution in [1.29, 1.82) is 0 Å². The van der Waals surface area contributed by atoms with Crippen molar-refractivity contribution in [3.8, 4) is 0 Å². The molecule has 1 aromatic carbocycles. The van der Waals surface area contributed by atoms with Gasteiger partial charge < -0.3 is 5.32 Å². The van der Waals surface area contributed by atoms with Gasteiger partial charge >= 0.3 is 0 Å². The first-order valence-corrected chi connectivity index (χ1v) is 7.53. The topological polar surface area (TPSA) is 12.0 Å². The van der Waals surface area contributed by atoms with Gasteiger partial charge in [-0.1, -0.05) is 38.0 Å². The molecule has 0 aliphatic heterocycles. The van der Waals surface area contributed by atoms with Crippen molar-refractivity contribution in [3.63, 3.8) is 0 Å². The van der Waals surface area contributed by atoms with Crippen molar-refractivity contribution in [1.82, 2.24) is 5.32 Å². The summed E-state index contributed by atoms with van der Waals surface area (Å²) in [6.07, 6.45) is 6.71. The van der Waals surface area contributed by atoms with Gasteiger partial charge in [-0.25, -0.2) is 0 Å². The highest BCUT2D eigenvalue weighted by atomic mass is 14.9. The molecule has 0 spiro atoms. The van der Waals surface area contributed by atoms with Crippen LogP contribution in [0.3, 0.4) is 0 Å². The molecule has 1 N–H and O–H groups in total. The number of benzene rings is 1. The number of hydrogen-bond acceptors (Lipinski definition) is 1. The van der Waals surface area contributed by atoms with Gasteiger partial charge in [0.05, 0.1) is 0 Å². The molecule has 0 heterocycles. The fourth-order valence-electron chi connectivity index (χ4n) is 3.25. The molecule has 100 valence electrons. The van der Waals surface area contributed by atoms with Crippen LogP contribution in [0, 0.1) is 13.8 Å². The predicted octanol–water partition coefficient (Wildman–Crippen LogP) is 4.33. The summed E-state index contributed by atoms with van der Waals surface area (Å²) in [5.41, 5.74) is 4.53. The van der Waals surface area contributed by atoms with Crippen molar-refractivity contribution in [2.75, 3.05) is 6.54 Å². The van der Waals surface area contributed by atoms with Crippen molar-refractivity contribution in [3.05, 3.63) is 34.9 Å². The van der Waals surface area contributed by atoms with Gasteiger partial charge in [-0.3, -0.25) is 0 Å². The zero-order valence-corrected chi connectivity index (χ0v) is 12.1. The summed E-state index contributed by atoms with van der Waals surface area (Å²) in [7, 11) is 0. The smallest absolute Gasteiger partial charge is 0.0136 e. The first kappa shape index (κ1) is 13.6. The lowest BCUT2D eigenvalue weighted by Gasteiger charge is -2.34. The van der Waals surface area contributed by atoms with Gasteiger partial charge in [-0.15, -0.1) is 0 Å². The molecule has 1 aliphatic rings. The van der Waals surface area contributed by atoms with Crippen LogP contribution in [0.1, 0.15) is 61.6 Å². The molecule has 0 amide bonds. The Balaban J connectivity index is 2.19. The lowest BCUT2D eigenvalue weighted by molar-refractivity contribution is 0.327. The fraction of sp³-hybridized carbons (Fsp3) is 0.647. The lowest BCUT2D eigenvalue weighted by atomic mass is 9.78. The zero-order chi connectivity index (χ0) is 13.0. The number of nitrogens with one attached hydrogen (secondary N) is 1. The first-order chi connectivity index (χ1) is 8.74. The van der Waals surface area contributed by atoms with E-state index in [0.29, 0.717) is 6.04 Å². The Morgan fingerprint density at radius 1 is 1.17 bits per heavy atom. The molecule has 2 atom stereocenters.